The Labute approximate surface area is 158 Å². The van der Waals surface area contributed by atoms with Crippen LogP contribution in [0.15, 0.2) is 51.9 Å². The van der Waals surface area contributed by atoms with Gasteiger partial charge in [-0.1, -0.05) is 42.4 Å². The Morgan fingerprint density at radius 1 is 1.19 bits per heavy atom. The third kappa shape index (κ3) is 3.12. The van der Waals surface area contributed by atoms with Gasteiger partial charge in [-0.2, -0.15) is 4.98 Å². The lowest BCUT2D eigenvalue weighted by Gasteiger charge is -2.31. The van der Waals surface area contributed by atoms with Crippen LogP contribution in [0.2, 0.25) is 0 Å². The zero-order chi connectivity index (χ0) is 19.0. The Kier molecular flexibility index (Phi) is 4.47. The van der Waals surface area contributed by atoms with Crippen LogP contribution in [0.5, 0.6) is 0 Å². The molecule has 27 heavy (non-hydrogen) atoms. The highest BCUT2D eigenvalue weighted by Crippen LogP contribution is 2.33. The molecule has 1 aliphatic heterocycles. The number of fused-ring (bicyclic) bond motifs is 1. The van der Waals surface area contributed by atoms with E-state index in [1.807, 2.05) is 37.3 Å². The summed E-state index contributed by atoms with van der Waals surface area (Å²) in [4.78, 5) is 4.59. The molecule has 0 aliphatic carbocycles. The molecule has 0 fully saturated rings. The third-order valence-electron chi connectivity index (χ3n) is 4.85. The van der Waals surface area contributed by atoms with Crippen molar-refractivity contribution in [3.05, 3.63) is 59.5 Å². The van der Waals surface area contributed by atoms with Gasteiger partial charge in [0.1, 0.15) is 0 Å². The summed E-state index contributed by atoms with van der Waals surface area (Å²) in [5.74, 6) is 0.933. The van der Waals surface area contributed by atoms with Gasteiger partial charge in [0, 0.05) is 18.5 Å². The van der Waals surface area contributed by atoms with Crippen LogP contribution < -0.4 is 4.31 Å². The lowest BCUT2D eigenvalue weighted by molar-refractivity contribution is 0.383. The molecule has 1 aromatic heterocycles. The normalized spacial score (nSPS) is 14.2. The topological polar surface area (TPSA) is 76.3 Å². The second-order valence-electron chi connectivity index (χ2n) is 6.65. The Balaban J connectivity index is 1.80. The van der Waals surface area contributed by atoms with Gasteiger partial charge in [-0.05, 0) is 43.0 Å². The molecule has 0 atom stereocenters. The number of benzene rings is 2. The number of nitrogens with zero attached hydrogens (tertiary/aromatic N) is 3. The minimum Gasteiger partial charge on any atom is -0.339 e. The van der Waals surface area contributed by atoms with Gasteiger partial charge in [-0.25, -0.2) is 8.42 Å². The maximum absolute atomic E-state index is 13.5. The monoisotopic (exact) mass is 383 g/mol. The minimum absolute atomic E-state index is 0.277. The molecule has 0 spiro atoms. The van der Waals surface area contributed by atoms with E-state index < -0.39 is 10.0 Å². The predicted octanol–water partition coefficient (Wildman–Crippen LogP) is 3.75. The zero-order valence-corrected chi connectivity index (χ0v) is 16.2. The molecule has 0 radical (unpaired) electrons. The molecule has 6 nitrogen and oxygen atoms in total. The van der Waals surface area contributed by atoms with Crippen LogP contribution in [-0.4, -0.2) is 25.1 Å². The average Bonchev–Trinajstić information content (AvgIpc) is 3.17. The summed E-state index contributed by atoms with van der Waals surface area (Å²) < 4.78 is 33.6. The number of sulfonamides is 1. The molecule has 140 valence electrons. The van der Waals surface area contributed by atoms with Crippen molar-refractivity contribution in [3.8, 4) is 11.4 Å². The van der Waals surface area contributed by atoms with E-state index in [1.165, 1.54) is 4.31 Å². The Bertz CT molecular complexity index is 1090. The number of hydrogen-bond donors (Lipinski definition) is 0. The first-order valence-electron chi connectivity index (χ1n) is 9.05. The van der Waals surface area contributed by atoms with Crippen molar-refractivity contribution in [1.82, 2.24) is 10.1 Å². The predicted molar refractivity (Wildman–Crippen MR) is 103 cm³/mol. The largest absolute Gasteiger partial charge is 0.339 e. The minimum atomic E-state index is -3.69. The van der Waals surface area contributed by atoms with Gasteiger partial charge in [0.05, 0.1) is 10.6 Å². The van der Waals surface area contributed by atoms with Crippen LogP contribution in [0.3, 0.4) is 0 Å². The second kappa shape index (κ2) is 6.81. The van der Waals surface area contributed by atoms with Gasteiger partial charge in [0.25, 0.3) is 10.0 Å². The van der Waals surface area contributed by atoms with E-state index in [9.17, 15) is 8.42 Å². The van der Waals surface area contributed by atoms with Gasteiger partial charge < -0.3 is 4.52 Å². The van der Waals surface area contributed by atoms with E-state index >= 15 is 0 Å². The number of aryl methyl sites for hydroxylation is 3. The molecular weight excluding hydrogens is 362 g/mol. The van der Waals surface area contributed by atoms with Crippen LogP contribution in [-0.2, 0) is 22.9 Å². The Hall–Kier alpha value is -2.67. The number of rotatable bonds is 4. The zero-order valence-electron chi connectivity index (χ0n) is 15.3. The summed E-state index contributed by atoms with van der Waals surface area (Å²) >= 11 is 0. The van der Waals surface area contributed by atoms with E-state index in [-0.39, 0.29) is 4.90 Å². The van der Waals surface area contributed by atoms with Crippen molar-refractivity contribution in [3.63, 3.8) is 0 Å². The maximum Gasteiger partial charge on any atom is 0.264 e. The highest BCUT2D eigenvalue weighted by molar-refractivity contribution is 7.92. The Morgan fingerprint density at radius 2 is 2.00 bits per heavy atom. The van der Waals surface area contributed by atoms with Gasteiger partial charge in [0.2, 0.25) is 11.7 Å². The van der Waals surface area contributed by atoms with E-state index in [1.54, 1.807) is 19.1 Å². The summed E-state index contributed by atoms with van der Waals surface area (Å²) in [7, 11) is -3.69. The van der Waals surface area contributed by atoms with Crippen LogP contribution in [0.25, 0.3) is 11.4 Å². The fourth-order valence-electron chi connectivity index (χ4n) is 3.40. The van der Waals surface area contributed by atoms with Crippen LogP contribution in [0.4, 0.5) is 5.69 Å². The first kappa shape index (κ1) is 17.7. The van der Waals surface area contributed by atoms with Crippen molar-refractivity contribution in [2.24, 2.45) is 0 Å². The van der Waals surface area contributed by atoms with Crippen LogP contribution >= 0.6 is 0 Å². The lowest BCUT2D eigenvalue weighted by Crippen LogP contribution is -2.35. The van der Waals surface area contributed by atoms with E-state index in [0.29, 0.717) is 35.8 Å². The summed E-state index contributed by atoms with van der Waals surface area (Å²) in [6, 6.07) is 12.9. The summed E-state index contributed by atoms with van der Waals surface area (Å²) in [6.07, 6.45) is 2.33. The first-order chi connectivity index (χ1) is 13.0. The maximum atomic E-state index is 13.5. The fraction of sp³-hybridized carbons (Fsp3) is 0.300. The van der Waals surface area contributed by atoms with E-state index in [4.69, 9.17) is 4.52 Å². The first-order valence-corrected chi connectivity index (χ1v) is 10.5. The van der Waals surface area contributed by atoms with Crippen molar-refractivity contribution < 1.29 is 12.9 Å². The van der Waals surface area contributed by atoms with Gasteiger partial charge in [-0.15, -0.1) is 0 Å². The molecule has 2 heterocycles. The van der Waals surface area contributed by atoms with Crippen molar-refractivity contribution in [1.29, 1.82) is 0 Å². The molecule has 1 aliphatic rings. The molecule has 3 aromatic rings. The molecule has 0 N–H and O–H groups in total. The van der Waals surface area contributed by atoms with Crippen molar-refractivity contribution in [2.45, 2.75) is 38.0 Å². The fourth-order valence-corrected chi connectivity index (χ4v) is 5.20. The molecule has 0 bridgehead atoms. The Morgan fingerprint density at radius 3 is 2.78 bits per heavy atom. The highest BCUT2D eigenvalue weighted by atomic mass is 32.2. The number of para-hydroxylation sites is 1. The smallest absolute Gasteiger partial charge is 0.264 e. The lowest BCUT2D eigenvalue weighted by atomic mass is 10.0. The molecule has 0 saturated heterocycles. The van der Waals surface area contributed by atoms with Crippen molar-refractivity contribution >= 4 is 15.7 Å². The number of aromatic nitrogens is 2. The molecular formula is C20H21N3O3S. The standard InChI is InChI=1S/C20H21N3O3S/c1-3-19-21-20(22-26-19)16-11-10-14(2)18(13-16)27(24,25)23-12-6-8-15-7-4-5-9-17(15)23/h4-5,7,9-11,13H,3,6,8,12H2,1-2H3. The van der Waals surface area contributed by atoms with Gasteiger partial charge in [-0.3, -0.25) is 4.31 Å². The van der Waals surface area contributed by atoms with Gasteiger partial charge >= 0.3 is 0 Å². The number of anilines is 1. The summed E-state index contributed by atoms with van der Waals surface area (Å²) in [6.45, 7) is 4.21. The van der Waals surface area contributed by atoms with Crippen molar-refractivity contribution in [2.75, 3.05) is 10.8 Å². The molecule has 2 aromatic carbocycles. The molecule has 4 rings (SSSR count). The quantitative estimate of drug-likeness (QED) is 0.686. The number of hydrogen-bond acceptors (Lipinski definition) is 5. The van der Waals surface area contributed by atoms with E-state index in [0.717, 1.165) is 24.1 Å². The summed E-state index contributed by atoms with van der Waals surface area (Å²) in [5, 5.41) is 3.96. The molecule has 0 amide bonds. The highest BCUT2D eigenvalue weighted by Gasteiger charge is 2.30. The molecule has 7 heteroatoms. The van der Waals surface area contributed by atoms with Gasteiger partial charge in [0.15, 0.2) is 0 Å². The van der Waals surface area contributed by atoms with Crippen LogP contribution in [0.1, 0.15) is 30.4 Å². The van der Waals surface area contributed by atoms with Crippen LogP contribution in [0, 0.1) is 6.92 Å². The third-order valence-corrected chi connectivity index (χ3v) is 6.81. The SMILES string of the molecule is CCc1nc(-c2ccc(C)c(S(=O)(=O)N3CCCc4ccccc43)c2)no1. The molecule has 0 unspecified atom stereocenters. The summed E-state index contributed by atoms with van der Waals surface area (Å²) in [5.41, 5.74) is 3.15. The van der Waals surface area contributed by atoms with E-state index in [2.05, 4.69) is 10.1 Å². The second-order valence-corrected chi connectivity index (χ2v) is 8.49. The average molecular weight is 383 g/mol. The molecule has 0 saturated carbocycles.